The summed E-state index contributed by atoms with van der Waals surface area (Å²) in [5, 5.41) is 0. The summed E-state index contributed by atoms with van der Waals surface area (Å²) < 4.78 is 17.7. The number of carbonyl (C=O) groups excluding carboxylic acids is 1. The van der Waals surface area contributed by atoms with Crippen molar-refractivity contribution in [2.75, 3.05) is 21.2 Å². The molecule has 8 rings (SSSR count). The maximum atomic E-state index is 12.4. The first-order valence-corrected chi connectivity index (χ1v) is 21.9. The van der Waals surface area contributed by atoms with Crippen LogP contribution in [0.3, 0.4) is 0 Å². The summed E-state index contributed by atoms with van der Waals surface area (Å²) in [4.78, 5) is 17.5. The molecule has 288 valence electrons. The van der Waals surface area contributed by atoms with Gasteiger partial charge in [-0.15, -0.1) is 0 Å². The molecule has 9 unspecified atom stereocenters. The Morgan fingerprint density at radius 3 is 1.71 bits per heavy atom. The van der Waals surface area contributed by atoms with E-state index in [9.17, 15) is 4.79 Å². The molecule has 4 saturated heterocycles. The lowest BCUT2D eigenvalue weighted by Gasteiger charge is -2.47. The first-order chi connectivity index (χ1) is 24.7. The molecule has 0 N–H and O–H groups in total. The van der Waals surface area contributed by atoms with Gasteiger partial charge < -0.3 is 14.2 Å². The van der Waals surface area contributed by atoms with Gasteiger partial charge in [0.25, 0.3) is 0 Å². The molecule has 51 heavy (non-hydrogen) atoms. The van der Waals surface area contributed by atoms with Crippen molar-refractivity contribution >= 4 is 5.97 Å². The monoisotopic (exact) mass is 707 g/mol. The van der Waals surface area contributed by atoms with Gasteiger partial charge in [-0.1, -0.05) is 75.7 Å². The Morgan fingerprint density at radius 2 is 1.14 bits per heavy atom. The molecule has 0 radical (unpaired) electrons. The van der Waals surface area contributed by atoms with Crippen LogP contribution in [0.25, 0.3) is 0 Å². The van der Waals surface area contributed by atoms with Crippen molar-refractivity contribution in [3.63, 3.8) is 0 Å². The molecule has 8 aliphatic rings. The number of hydrogen-bond donors (Lipinski definition) is 0. The second-order valence-electron chi connectivity index (χ2n) is 18.9. The lowest BCUT2D eigenvalue weighted by atomic mass is 9.57. The average Bonchev–Trinajstić information content (AvgIpc) is 3.61. The third-order valence-corrected chi connectivity index (χ3v) is 16.3. The van der Waals surface area contributed by atoms with Crippen molar-refractivity contribution in [2.24, 2.45) is 59.2 Å². The summed E-state index contributed by atoms with van der Waals surface area (Å²) in [6.45, 7) is 9.14. The molecule has 4 aliphatic heterocycles. The third kappa shape index (κ3) is 7.83. The second-order valence-corrected chi connectivity index (χ2v) is 18.9. The Morgan fingerprint density at radius 1 is 0.608 bits per heavy atom. The van der Waals surface area contributed by atoms with Crippen LogP contribution in [-0.4, -0.2) is 79.6 Å². The summed E-state index contributed by atoms with van der Waals surface area (Å²) in [6, 6.07) is 2.59. The zero-order valence-corrected chi connectivity index (χ0v) is 33.5. The lowest BCUT2D eigenvalue weighted by Crippen LogP contribution is -2.44. The number of nitrogens with zero attached hydrogens (tertiary/aromatic N) is 2. The number of piperidine rings is 2. The van der Waals surface area contributed by atoms with Crippen molar-refractivity contribution in [1.29, 1.82) is 0 Å². The van der Waals surface area contributed by atoms with E-state index in [1.54, 1.807) is 0 Å². The minimum absolute atomic E-state index is 0.0196. The number of likely N-dealkylation sites (tertiary alicyclic amines) is 2. The van der Waals surface area contributed by atoms with Crippen LogP contribution < -0.4 is 0 Å². The fourth-order valence-electron chi connectivity index (χ4n) is 13.2. The Kier molecular flexibility index (Phi) is 12.4. The molecule has 17 atom stereocenters. The first-order valence-electron chi connectivity index (χ1n) is 21.9. The highest BCUT2D eigenvalue weighted by molar-refractivity contribution is 5.75. The summed E-state index contributed by atoms with van der Waals surface area (Å²) in [5.41, 5.74) is 0. The van der Waals surface area contributed by atoms with E-state index < -0.39 is 0 Å². The van der Waals surface area contributed by atoms with E-state index in [-0.39, 0.29) is 24.3 Å². The van der Waals surface area contributed by atoms with E-state index in [0.29, 0.717) is 59.9 Å². The molecule has 6 heteroatoms. The molecule has 4 aliphatic carbocycles. The van der Waals surface area contributed by atoms with Gasteiger partial charge in [0.2, 0.25) is 0 Å². The number of cyclic esters (lactones) is 1. The minimum atomic E-state index is 0.0196. The van der Waals surface area contributed by atoms with E-state index in [4.69, 9.17) is 14.2 Å². The van der Waals surface area contributed by atoms with Crippen LogP contribution in [0.2, 0.25) is 0 Å². The van der Waals surface area contributed by atoms with E-state index in [1.807, 2.05) is 7.11 Å². The number of allylic oxidation sites excluding steroid dienone is 2. The van der Waals surface area contributed by atoms with Gasteiger partial charge in [0, 0.05) is 43.1 Å². The SMILES string of the molecule is COC1OC(C)C2C1CC1CCCCC1[C@@H]2/C=C/C1CCCC(C)N1C.C[C@@H]1CCCC(/C=C/[C@H]2[C@@H]3CCCC[C@H]3C[C@H]3C(=O)O[C@H](C)[C@@H]23)N1C. The maximum absolute atomic E-state index is 12.4. The fourth-order valence-corrected chi connectivity index (χ4v) is 13.2. The highest BCUT2D eigenvalue weighted by Crippen LogP contribution is 2.56. The number of methoxy groups -OCH3 is 1. The second kappa shape index (κ2) is 16.7. The zero-order chi connectivity index (χ0) is 35.8. The van der Waals surface area contributed by atoms with E-state index in [2.05, 4.69) is 75.9 Å². The summed E-state index contributed by atoms with van der Waals surface area (Å²) in [6.07, 6.45) is 32.1. The zero-order valence-electron chi connectivity index (χ0n) is 33.5. The molecular formula is C45H74N2O4. The van der Waals surface area contributed by atoms with Crippen LogP contribution in [0, 0.1) is 59.2 Å². The van der Waals surface area contributed by atoms with Crippen LogP contribution >= 0.6 is 0 Å². The van der Waals surface area contributed by atoms with Crippen LogP contribution in [-0.2, 0) is 19.0 Å². The summed E-state index contributed by atoms with van der Waals surface area (Å²) >= 11 is 0. The van der Waals surface area contributed by atoms with Crippen LogP contribution in [0.1, 0.15) is 130 Å². The number of rotatable bonds is 5. The topological polar surface area (TPSA) is 51.2 Å². The van der Waals surface area contributed by atoms with Gasteiger partial charge in [-0.3, -0.25) is 14.6 Å². The molecule has 4 heterocycles. The highest BCUT2D eigenvalue weighted by atomic mass is 16.7. The smallest absolute Gasteiger partial charge is 0.309 e. The molecule has 8 fully saturated rings. The Hall–Kier alpha value is -1.21. The van der Waals surface area contributed by atoms with Crippen molar-refractivity contribution in [2.45, 2.75) is 173 Å². The average molecular weight is 707 g/mol. The Labute approximate surface area is 311 Å². The molecule has 0 bridgehead atoms. The first kappa shape index (κ1) is 38.1. The number of hydrogen-bond acceptors (Lipinski definition) is 6. The van der Waals surface area contributed by atoms with Crippen molar-refractivity contribution in [3.8, 4) is 0 Å². The molecule has 0 aromatic heterocycles. The van der Waals surface area contributed by atoms with E-state index in [0.717, 1.165) is 30.1 Å². The van der Waals surface area contributed by atoms with Crippen LogP contribution in [0.4, 0.5) is 0 Å². The van der Waals surface area contributed by atoms with Gasteiger partial charge in [0.1, 0.15) is 6.10 Å². The normalized spacial score (nSPS) is 49.1. The van der Waals surface area contributed by atoms with Gasteiger partial charge in [-0.25, -0.2) is 0 Å². The Bertz CT molecular complexity index is 1220. The van der Waals surface area contributed by atoms with E-state index >= 15 is 0 Å². The molecule has 0 spiro atoms. The predicted molar refractivity (Wildman–Crippen MR) is 206 cm³/mol. The molecule has 6 nitrogen and oxygen atoms in total. The molecule has 0 aromatic carbocycles. The summed E-state index contributed by atoms with van der Waals surface area (Å²) in [7, 11) is 6.42. The highest BCUT2D eigenvalue weighted by Gasteiger charge is 2.55. The number of carbonyl (C=O) groups is 1. The van der Waals surface area contributed by atoms with Crippen LogP contribution in [0.5, 0.6) is 0 Å². The molecule has 4 saturated carbocycles. The van der Waals surface area contributed by atoms with Gasteiger partial charge in [-0.2, -0.15) is 0 Å². The lowest BCUT2D eigenvalue weighted by molar-refractivity contribution is -0.144. The quantitative estimate of drug-likeness (QED) is 0.210. The van der Waals surface area contributed by atoms with Crippen molar-refractivity contribution in [3.05, 3.63) is 24.3 Å². The van der Waals surface area contributed by atoms with Crippen molar-refractivity contribution in [1.82, 2.24) is 9.80 Å². The number of ether oxygens (including phenoxy) is 3. The molecule has 0 aromatic rings. The van der Waals surface area contributed by atoms with Crippen LogP contribution in [0.15, 0.2) is 24.3 Å². The third-order valence-electron chi connectivity index (χ3n) is 16.3. The number of fused-ring (bicyclic) bond motifs is 4. The largest absolute Gasteiger partial charge is 0.462 e. The van der Waals surface area contributed by atoms with Gasteiger partial charge >= 0.3 is 5.97 Å². The number of likely N-dealkylation sites (N-methyl/N-ethyl adjacent to an activating group) is 2. The number of esters is 1. The predicted octanol–water partition coefficient (Wildman–Crippen LogP) is 9.28. The van der Waals surface area contributed by atoms with Crippen molar-refractivity contribution < 1.29 is 19.0 Å². The molecular weight excluding hydrogens is 633 g/mol. The van der Waals surface area contributed by atoms with Gasteiger partial charge in [0.15, 0.2) is 6.29 Å². The standard InChI is InChI=1S/C23H39NO2.C22H35NO2/c1-15-8-7-10-18(24(15)3)12-13-20-19-11-6-5-9-17(19)14-21-22(20)16(2)26-23(21)25-4;1-14-7-6-9-17(23(14)3)11-12-19-18-10-5-4-8-16(18)13-20-21(19)15(2)25-22(20)24/h12-13,15-23H,5-11,14H2,1-4H3;11-12,14-21H,4-10,13H2,1-3H3/b13-12+;12-11+/t15?,16?,17?,18?,19?,20-,21?,22?,23?;14-,15-,16+,17?,18-,19+,20-,21+/m01/s1. The van der Waals surface area contributed by atoms with Gasteiger partial charge in [-0.05, 0) is 135 Å². The minimum Gasteiger partial charge on any atom is -0.462 e. The van der Waals surface area contributed by atoms with Gasteiger partial charge in [0.05, 0.1) is 12.0 Å². The maximum Gasteiger partial charge on any atom is 0.309 e. The Balaban J connectivity index is 0.000000159. The van der Waals surface area contributed by atoms with E-state index in [1.165, 1.54) is 96.3 Å². The fraction of sp³-hybridized carbons (Fsp3) is 0.889. The molecule has 0 amide bonds. The summed E-state index contributed by atoms with van der Waals surface area (Å²) in [5.74, 6) is 6.37.